The molecule has 4 aromatic rings. The Kier molecular flexibility index (Phi) is 6.77. The number of benzene rings is 1. The van der Waals surface area contributed by atoms with E-state index in [1.54, 1.807) is 12.4 Å². The summed E-state index contributed by atoms with van der Waals surface area (Å²) in [4.78, 5) is 13.4. The summed E-state index contributed by atoms with van der Waals surface area (Å²) < 4.78 is 11.0. The lowest BCUT2D eigenvalue weighted by Crippen LogP contribution is -2.34. The van der Waals surface area contributed by atoms with Gasteiger partial charge in [0, 0.05) is 49.2 Å². The molecule has 0 amide bonds. The second-order valence-corrected chi connectivity index (χ2v) is 9.68. The van der Waals surface area contributed by atoms with Crippen molar-refractivity contribution in [1.82, 2.24) is 25.4 Å². The molecule has 0 bridgehead atoms. The molecule has 4 heterocycles. The first-order valence-corrected chi connectivity index (χ1v) is 12.1. The number of nitrogens with zero attached hydrogens (tertiary/aromatic N) is 4. The molecule has 1 aliphatic heterocycles. The summed E-state index contributed by atoms with van der Waals surface area (Å²) >= 11 is 0. The first-order valence-electron chi connectivity index (χ1n) is 12.1. The molecule has 1 aliphatic rings. The Morgan fingerprint density at radius 3 is 2.53 bits per heavy atom. The fourth-order valence-corrected chi connectivity index (χ4v) is 4.14. The molecule has 5 rings (SSSR count). The van der Waals surface area contributed by atoms with E-state index in [0.717, 1.165) is 49.4 Å². The number of nitrogen functional groups attached to an aromatic ring is 1. The van der Waals surface area contributed by atoms with Crippen molar-refractivity contribution in [3.63, 3.8) is 0 Å². The van der Waals surface area contributed by atoms with Crippen LogP contribution in [0, 0.1) is 0 Å². The molecule has 186 valence electrons. The Hall–Kier alpha value is -3.66. The third-order valence-corrected chi connectivity index (χ3v) is 6.33. The van der Waals surface area contributed by atoms with E-state index < -0.39 is 5.54 Å². The van der Waals surface area contributed by atoms with E-state index in [2.05, 4.69) is 32.6 Å². The van der Waals surface area contributed by atoms with Crippen molar-refractivity contribution in [3.05, 3.63) is 66.1 Å². The fraction of sp³-hybridized carbons (Fsp3) is 0.333. The van der Waals surface area contributed by atoms with Crippen LogP contribution in [0.25, 0.3) is 34.0 Å². The van der Waals surface area contributed by atoms with E-state index in [1.165, 1.54) is 5.56 Å². The van der Waals surface area contributed by atoms with E-state index in [4.69, 9.17) is 25.7 Å². The first kappa shape index (κ1) is 24.1. The Morgan fingerprint density at radius 1 is 1.00 bits per heavy atom. The minimum Gasteiger partial charge on any atom is -0.382 e. The third-order valence-electron chi connectivity index (χ3n) is 6.33. The largest absolute Gasteiger partial charge is 0.382 e. The smallest absolute Gasteiger partial charge is 0.189 e. The van der Waals surface area contributed by atoms with Crippen molar-refractivity contribution < 1.29 is 9.26 Å². The summed E-state index contributed by atoms with van der Waals surface area (Å²) in [6, 6.07) is 14.4. The number of aromatic nitrogens is 4. The van der Waals surface area contributed by atoms with Crippen LogP contribution in [0.1, 0.15) is 37.9 Å². The highest BCUT2D eigenvalue weighted by molar-refractivity contribution is 5.73. The number of nitrogens with one attached hydrogen (secondary N) is 1. The topological polar surface area (TPSA) is 138 Å². The molecular formula is C27H31N7O2. The van der Waals surface area contributed by atoms with Gasteiger partial charge in [0.05, 0.1) is 23.1 Å². The van der Waals surface area contributed by atoms with E-state index in [9.17, 15) is 0 Å². The number of hydrogen-bond acceptors (Lipinski definition) is 9. The Balaban J connectivity index is 1.33. The minimum atomic E-state index is -0.573. The van der Waals surface area contributed by atoms with Gasteiger partial charge in [-0.25, -0.2) is 9.97 Å². The van der Waals surface area contributed by atoms with Crippen LogP contribution in [0.2, 0.25) is 0 Å². The average molecular weight is 486 g/mol. The molecule has 0 atom stereocenters. The molecule has 36 heavy (non-hydrogen) atoms. The molecule has 0 spiro atoms. The van der Waals surface area contributed by atoms with Crippen molar-refractivity contribution in [2.45, 2.75) is 44.8 Å². The first-order chi connectivity index (χ1) is 17.4. The summed E-state index contributed by atoms with van der Waals surface area (Å²) in [5, 5.41) is 7.85. The zero-order chi connectivity index (χ0) is 25.1. The van der Waals surface area contributed by atoms with Gasteiger partial charge in [-0.1, -0.05) is 29.4 Å². The predicted molar refractivity (Wildman–Crippen MR) is 139 cm³/mol. The van der Waals surface area contributed by atoms with E-state index in [-0.39, 0.29) is 5.82 Å². The van der Waals surface area contributed by atoms with Crippen LogP contribution >= 0.6 is 0 Å². The van der Waals surface area contributed by atoms with Gasteiger partial charge in [0.25, 0.3) is 0 Å². The summed E-state index contributed by atoms with van der Waals surface area (Å²) in [7, 11) is 0. The van der Waals surface area contributed by atoms with Crippen LogP contribution in [0.15, 0.2) is 59.4 Å². The van der Waals surface area contributed by atoms with Crippen molar-refractivity contribution in [3.8, 4) is 34.0 Å². The number of pyridine rings is 1. The molecule has 9 heteroatoms. The van der Waals surface area contributed by atoms with Crippen molar-refractivity contribution in [1.29, 1.82) is 0 Å². The molecule has 0 unspecified atom stereocenters. The van der Waals surface area contributed by atoms with Gasteiger partial charge in [0.2, 0.25) is 0 Å². The van der Waals surface area contributed by atoms with Crippen molar-refractivity contribution in [2.75, 3.05) is 18.9 Å². The lowest BCUT2D eigenvalue weighted by Gasteiger charge is -2.23. The summed E-state index contributed by atoms with van der Waals surface area (Å²) in [6.07, 6.45) is 5.46. The predicted octanol–water partition coefficient (Wildman–Crippen LogP) is 3.91. The lowest BCUT2D eigenvalue weighted by atomic mass is 9.99. The van der Waals surface area contributed by atoms with E-state index >= 15 is 0 Å². The summed E-state index contributed by atoms with van der Waals surface area (Å²) in [6.45, 7) is 6.30. The van der Waals surface area contributed by atoms with E-state index in [0.29, 0.717) is 28.9 Å². The molecule has 1 fully saturated rings. The fourth-order valence-electron chi connectivity index (χ4n) is 4.14. The van der Waals surface area contributed by atoms with Crippen molar-refractivity contribution >= 4 is 5.82 Å². The quantitative estimate of drug-likeness (QED) is 0.356. The highest BCUT2D eigenvalue weighted by atomic mass is 16.5. The Bertz CT molecular complexity index is 1320. The van der Waals surface area contributed by atoms with Gasteiger partial charge in [-0.3, -0.25) is 4.98 Å². The molecule has 0 aliphatic carbocycles. The van der Waals surface area contributed by atoms with Gasteiger partial charge in [0.1, 0.15) is 5.69 Å². The van der Waals surface area contributed by atoms with Gasteiger partial charge in [-0.2, -0.15) is 0 Å². The van der Waals surface area contributed by atoms with Crippen LogP contribution in [0.5, 0.6) is 0 Å². The zero-order valence-electron chi connectivity index (χ0n) is 20.6. The monoisotopic (exact) mass is 485 g/mol. The Labute approximate surface area is 210 Å². The second kappa shape index (κ2) is 10.1. The maximum Gasteiger partial charge on any atom is 0.189 e. The number of hydrogen-bond donors (Lipinski definition) is 3. The highest BCUT2D eigenvalue weighted by Crippen LogP contribution is 2.30. The van der Waals surface area contributed by atoms with Crippen molar-refractivity contribution in [2.24, 2.45) is 5.73 Å². The normalized spacial score (nSPS) is 14.8. The number of anilines is 1. The molecular weight excluding hydrogens is 454 g/mol. The van der Waals surface area contributed by atoms with Crippen LogP contribution in [0.4, 0.5) is 5.82 Å². The average Bonchev–Trinajstić information content (AvgIpc) is 3.38. The molecule has 0 radical (unpaired) electrons. The molecule has 9 nitrogen and oxygen atoms in total. The van der Waals surface area contributed by atoms with Gasteiger partial charge in [-0.15, -0.1) is 0 Å². The number of nitrogens with two attached hydrogens (primary N) is 2. The molecule has 1 saturated heterocycles. The number of ether oxygens (including phenoxy) is 1. The molecule has 0 saturated carbocycles. The van der Waals surface area contributed by atoms with Crippen LogP contribution < -0.4 is 16.8 Å². The SMILES string of the molecule is CC(C)(N)c1cc(-c2cnc(N)c(-c3cc(-c4ccc(CNC5CCOCC5)cc4)no3)n2)ccn1. The van der Waals surface area contributed by atoms with Gasteiger partial charge < -0.3 is 26.0 Å². The zero-order valence-corrected chi connectivity index (χ0v) is 20.6. The molecule has 5 N–H and O–H groups in total. The number of rotatable bonds is 7. The summed E-state index contributed by atoms with van der Waals surface area (Å²) in [5.41, 5.74) is 17.4. The molecule has 1 aromatic carbocycles. The van der Waals surface area contributed by atoms with Crippen LogP contribution in [0.3, 0.4) is 0 Å². The Morgan fingerprint density at radius 2 is 1.78 bits per heavy atom. The maximum atomic E-state index is 6.22. The summed E-state index contributed by atoms with van der Waals surface area (Å²) in [5.74, 6) is 0.722. The van der Waals surface area contributed by atoms with Gasteiger partial charge in [0.15, 0.2) is 17.3 Å². The highest BCUT2D eigenvalue weighted by Gasteiger charge is 2.19. The standard InChI is InChI=1S/C27H31N7O2/c1-27(2,29)24-13-19(7-10-30-24)22-16-32-26(28)25(33-22)23-14-21(34-36-23)18-5-3-17(4-6-18)15-31-20-8-11-35-12-9-20/h3-7,10,13-14,16,20,31H,8-9,11-12,15,29H2,1-2H3,(H2,28,32). The van der Waals surface area contributed by atoms with Gasteiger partial charge >= 0.3 is 0 Å². The van der Waals surface area contributed by atoms with E-state index in [1.807, 2.05) is 44.2 Å². The maximum absolute atomic E-state index is 6.22. The lowest BCUT2D eigenvalue weighted by molar-refractivity contribution is 0.0776. The second-order valence-electron chi connectivity index (χ2n) is 9.68. The van der Waals surface area contributed by atoms with Gasteiger partial charge in [-0.05, 0) is 44.4 Å². The molecule has 3 aromatic heterocycles. The third kappa shape index (κ3) is 5.43. The minimum absolute atomic E-state index is 0.268. The van der Waals surface area contributed by atoms with Crippen LogP contribution in [-0.4, -0.2) is 39.4 Å². The van der Waals surface area contributed by atoms with Crippen LogP contribution in [-0.2, 0) is 16.8 Å².